The lowest BCUT2D eigenvalue weighted by Gasteiger charge is -2.35. The number of nitro groups is 1. The number of sulfonamides is 1. The van der Waals surface area contributed by atoms with Crippen LogP contribution in [-0.4, -0.2) is 43.8 Å². The Labute approximate surface area is 163 Å². The van der Waals surface area contributed by atoms with Crippen LogP contribution in [0.1, 0.15) is 5.56 Å². The summed E-state index contributed by atoms with van der Waals surface area (Å²) < 4.78 is 77.7. The number of hydrogen-bond donors (Lipinski definition) is 0. The van der Waals surface area contributed by atoms with Crippen LogP contribution >= 0.6 is 0 Å². The maximum absolute atomic E-state index is 13.3. The first kappa shape index (κ1) is 21.0. The lowest BCUT2D eigenvalue weighted by Crippen LogP contribution is -2.48. The van der Waals surface area contributed by atoms with Crippen LogP contribution in [0.5, 0.6) is 0 Å². The van der Waals surface area contributed by atoms with E-state index in [0.29, 0.717) is 12.1 Å². The van der Waals surface area contributed by atoms with Gasteiger partial charge in [-0.25, -0.2) is 12.8 Å². The van der Waals surface area contributed by atoms with Crippen molar-refractivity contribution in [2.75, 3.05) is 31.1 Å². The van der Waals surface area contributed by atoms with Gasteiger partial charge in [0.1, 0.15) is 11.5 Å². The van der Waals surface area contributed by atoms with Crippen LogP contribution in [0, 0.1) is 15.9 Å². The molecule has 3 rings (SSSR count). The summed E-state index contributed by atoms with van der Waals surface area (Å²) in [7, 11) is -4.02. The number of hydrogen-bond acceptors (Lipinski definition) is 5. The normalized spacial score (nSPS) is 16.1. The third kappa shape index (κ3) is 4.32. The molecular weight excluding hydrogens is 418 g/mol. The summed E-state index contributed by atoms with van der Waals surface area (Å²) in [5.41, 5.74) is -1.21. The molecule has 0 unspecified atom stereocenters. The van der Waals surface area contributed by atoms with Gasteiger partial charge < -0.3 is 4.90 Å². The second-order valence-corrected chi connectivity index (χ2v) is 8.24. The zero-order valence-corrected chi connectivity index (χ0v) is 15.6. The van der Waals surface area contributed by atoms with Crippen molar-refractivity contribution in [1.82, 2.24) is 4.31 Å². The molecule has 1 heterocycles. The van der Waals surface area contributed by atoms with E-state index in [2.05, 4.69) is 0 Å². The molecule has 1 fully saturated rings. The number of nitrogens with zero attached hydrogens (tertiary/aromatic N) is 3. The molecule has 0 spiro atoms. The summed E-state index contributed by atoms with van der Waals surface area (Å²) in [4.78, 5) is 11.7. The SMILES string of the molecule is O=[N+]([O-])c1cc(F)ccc1N1CCN(S(=O)(=O)c2ccc(C(F)(F)F)cc2)CC1. The van der Waals surface area contributed by atoms with Gasteiger partial charge in [0.05, 0.1) is 21.4 Å². The fraction of sp³-hybridized carbons (Fsp3) is 0.294. The Kier molecular flexibility index (Phi) is 5.50. The number of piperazine rings is 1. The predicted molar refractivity (Wildman–Crippen MR) is 95.5 cm³/mol. The van der Waals surface area contributed by atoms with E-state index in [1.165, 1.54) is 6.07 Å². The first-order chi connectivity index (χ1) is 13.5. The van der Waals surface area contributed by atoms with Crippen LogP contribution in [0.3, 0.4) is 0 Å². The number of rotatable bonds is 4. The molecule has 7 nitrogen and oxygen atoms in total. The molecule has 156 valence electrons. The van der Waals surface area contributed by atoms with Gasteiger partial charge in [0.15, 0.2) is 0 Å². The van der Waals surface area contributed by atoms with Gasteiger partial charge in [0.2, 0.25) is 10.0 Å². The number of benzene rings is 2. The zero-order chi connectivity index (χ0) is 21.4. The van der Waals surface area contributed by atoms with Crippen molar-refractivity contribution in [3.05, 3.63) is 64.0 Å². The topological polar surface area (TPSA) is 83.8 Å². The number of nitro benzene ring substituents is 1. The predicted octanol–water partition coefficient (Wildman–Crippen LogP) is 3.26. The Balaban J connectivity index is 1.76. The molecule has 0 bridgehead atoms. The van der Waals surface area contributed by atoms with E-state index in [1.54, 1.807) is 4.90 Å². The van der Waals surface area contributed by atoms with Crippen LogP contribution in [0.25, 0.3) is 0 Å². The third-order valence-electron chi connectivity index (χ3n) is 4.53. The Bertz CT molecular complexity index is 1020. The fourth-order valence-corrected chi connectivity index (χ4v) is 4.47. The minimum absolute atomic E-state index is 0.0299. The molecule has 12 heteroatoms. The first-order valence-corrected chi connectivity index (χ1v) is 9.80. The minimum Gasteiger partial charge on any atom is -0.363 e. The van der Waals surface area contributed by atoms with Crippen molar-refractivity contribution >= 4 is 21.4 Å². The highest BCUT2D eigenvalue weighted by molar-refractivity contribution is 7.89. The monoisotopic (exact) mass is 433 g/mol. The summed E-state index contributed by atoms with van der Waals surface area (Å²) >= 11 is 0. The number of anilines is 1. The van der Waals surface area contributed by atoms with E-state index in [4.69, 9.17) is 0 Å². The molecule has 1 aliphatic heterocycles. The molecular formula is C17H15F4N3O4S. The second-order valence-electron chi connectivity index (χ2n) is 6.30. The van der Waals surface area contributed by atoms with Crippen molar-refractivity contribution in [2.45, 2.75) is 11.1 Å². The zero-order valence-electron chi connectivity index (χ0n) is 14.8. The van der Waals surface area contributed by atoms with Gasteiger partial charge in [0.25, 0.3) is 5.69 Å². The molecule has 0 aliphatic carbocycles. The van der Waals surface area contributed by atoms with Gasteiger partial charge in [0, 0.05) is 26.2 Å². The molecule has 0 aromatic heterocycles. The van der Waals surface area contributed by atoms with E-state index < -0.39 is 38.2 Å². The molecule has 29 heavy (non-hydrogen) atoms. The second kappa shape index (κ2) is 7.59. The van der Waals surface area contributed by atoms with E-state index in [-0.39, 0.29) is 36.8 Å². The molecule has 0 radical (unpaired) electrons. The van der Waals surface area contributed by atoms with Crippen LogP contribution in [-0.2, 0) is 16.2 Å². The van der Waals surface area contributed by atoms with Crippen LogP contribution in [0.15, 0.2) is 47.4 Å². The molecule has 0 saturated carbocycles. The highest BCUT2D eigenvalue weighted by Gasteiger charge is 2.33. The summed E-state index contributed by atoms with van der Waals surface area (Å²) in [6.07, 6.45) is -4.57. The van der Waals surface area contributed by atoms with Gasteiger partial charge in [-0.15, -0.1) is 0 Å². The highest BCUT2D eigenvalue weighted by atomic mass is 32.2. The Morgan fingerprint density at radius 2 is 1.55 bits per heavy atom. The quantitative estimate of drug-likeness (QED) is 0.420. The Morgan fingerprint density at radius 3 is 2.07 bits per heavy atom. The summed E-state index contributed by atoms with van der Waals surface area (Å²) in [5.74, 6) is -0.760. The van der Waals surface area contributed by atoms with Gasteiger partial charge in [-0.05, 0) is 36.4 Å². The molecule has 0 N–H and O–H groups in total. The molecule has 2 aromatic carbocycles. The smallest absolute Gasteiger partial charge is 0.363 e. The maximum Gasteiger partial charge on any atom is 0.416 e. The average Bonchev–Trinajstić information content (AvgIpc) is 2.67. The summed E-state index contributed by atoms with van der Waals surface area (Å²) in [6.45, 7) is 0.147. The van der Waals surface area contributed by atoms with Crippen molar-refractivity contribution in [3.8, 4) is 0 Å². The average molecular weight is 433 g/mol. The van der Waals surface area contributed by atoms with Crippen LogP contribution < -0.4 is 4.90 Å². The third-order valence-corrected chi connectivity index (χ3v) is 6.45. The van der Waals surface area contributed by atoms with E-state index >= 15 is 0 Å². The summed E-state index contributed by atoms with van der Waals surface area (Å²) in [6, 6.07) is 6.32. The van der Waals surface area contributed by atoms with Crippen LogP contribution in [0.2, 0.25) is 0 Å². The van der Waals surface area contributed by atoms with Crippen molar-refractivity contribution < 1.29 is 30.9 Å². The molecule has 0 atom stereocenters. The highest BCUT2D eigenvalue weighted by Crippen LogP contribution is 2.32. The van der Waals surface area contributed by atoms with Crippen molar-refractivity contribution in [2.24, 2.45) is 0 Å². The van der Waals surface area contributed by atoms with E-state index in [0.717, 1.165) is 28.6 Å². The maximum atomic E-state index is 13.3. The molecule has 2 aromatic rings. The Morgan fingerprint density at radius 1 is 0.966 bits per heavy atom. The molecule has 1 saturated heterocycles. The summed E-state index contributed by atoms with van der Waals surface area (Å²) in [5, 5.41) is 11.1. The lowest BCUT2D eigenvalue weighted by atomic mass is 10.2. The van der Waals surface area contributed by atoms with Crippen molar-refractivity contribution in [3.63, 3.8) is 0 Å². The van der Waals surface area contributed by atoms with Crippen LogP contribution in [0.4, 0.5) is 28.9 Å². The molecule has 0 amide bonds. The van der Waals surface area contributed by atoms with Gasteiger partial charge >= 0.3 is 6.18 Å². The number of alkyl halides is 3. The van der Waals surface area contributed by atoms with E-state index in [9.17, 15) is 36.1 Å². The first-order valence-electron chi connectivity index (χ1n) is 8.36. The standard InChI is InChI=1S/C17H15F4N3O4S/c18-13-3-6-15(16(11-13)24(25)26)22-7-9-23(10-8-22)29(27,28)14-4-1-12(2-5-14)17(19,20)21/h1-6,11H,7-10H2. The van der Waals surface area contributed by atoms with Gasteiger partial charge in [-0.2, -0.15) is 17.5 Å². The fourth-order valence-electron chi connectivity index (χ4n) is 3.04. The van der Waals surface area contributed by atoms with Crippen molar-refractivity contribution in [1.29, 1.82) is 0 Å². The van der Waals surface area contributed by atoms with Gasteiger partial charge in [-0.1, -0.05) is 0 Å². The number of halogens is 4. The minimum atomic E-state index is -4.57. The van der Waals surface area contributed by atoms with E-state index in [1.807, 2.05) is 0 Å². The lowest BCUT2D eigenvalue weighted by molar-refractivity contribution is -0.384. The van der Waals surface area contributed by atoms with Gasteiger partial charge in [-0.3, -0.25) is 10.1 Å². The largest absolute Gasteiger partial charge is 0.416 e. The molecule has 1 aliphatic rings. The Hall–Kier alpha value is -2.73.